The molecule has 1 aromatic rings. The molecule has 0 aliphatic carbocycles. The van der Waals surface area contributed by atoms with Crippen LogP contribution in [-0.2, 0) is 24.1 Å². The summed E-state index contributed by atoms with van der Waals surface area (Å²) >= 11 is 0. The van der Waals surface area contributed by atoms with Gasteiger partial charge in [-0.25, -0.2) is 0 Å². The summed E-state index contributed by atoms with van der Waals surface area (Å²) in [4.78, 5) is 14.2. The Hall–Kier alpha value is -1.35. The third-order valence-corrected chi connectivity index (χ3v) is 4.37. The molecule has 0 bridgehead atoms. The largest absolute Gasteiger partial charge is 0.340 e. The van der Waals surface area contributed by atoms with Crippen molar-refractivity contribution in [2.45, 2.75) is 46.0 Å². The minimum atomic E-state index is 0.321. The fraction of sp³-hybridized carbons (Fsp3) is 0.611. The van der Waals surface area contributed by atoms with Crippen LogP contribution in [-0.4, -0.2) is 37.0 Å². The van der Waals surface area contributed by atoms with Gasteiger partial charge in [0.05, 0.1) is 0 Å². The predicted molar refractivity (Wildman–Crippen MR) is 87.6 cm³/mol. The van der Waals surface area contributed by atoms with E-state index in [9.17, 15) is 4.79 Å². The van der Waals surface area contributed by atoms with Gasteiger partial charge in [-0.3, -0.25) is 4.79 Å². The number of rotatable bonds is 6. The van der Waals surface area contributed by atoms with Gasteiger partial charge in [0.2, 0.25) is 5.91 Å². The molecule has 0 unspecified atom stereocenters. The Labute approximate surface area is 128 Å². The van der Waals surface area contributed by atoms with E-state index in [1.165, 1.54) is 16.7 Å². The number of aryl methyl sites for hydroxylation is 3. The molecule has 3 nitrogen and oxygen atoms in total. The molecule has 1 aromatic carbocycles. The van der Waals surface area contributed by atoms with Crippen molar-refractivity contribution in [1.29, 1.82) is 0 Å². The highest BCUT2D eigenvalue weighted by Crippen LogP contribution is 2.16. The van der Waals surface area contributed by atoms with E-state index in [0.29, 0.717) is 12.3 Å². The van der Waals surface area contributed by atoms with E-state index in [4.69, 9.17) is 0 Å². The summed E-state index contributed by atoms with van der Waals surface area (Å²) in [5.41, 5.74) is 4.27. The van der Waals surface area contributed by atoms with Gasteiger partial charge in [-0.15, -0.1) is 0 Å². The van der Waals surface area contributed by atoms with E-state index in [2.05, 4.69) is 37.4 Å². The molecule has 1 fully saturated rings. The van der Waals surface area contributed by atoms with Gasteiger partial charge in [0.25, 0.3) is 0 Å². The van der Waals surface area contributed by atoms with Crippen LogP contribution >= 0.6 is 0 Å². The van der Waals surface area contributed by atoms with Crippen molar-refractivity contribution in [2.24, 2.45) is 0 Å². The van der Waals surface area contributed by atoms with E-state index in [1.807, 2.05) is 4.90 Å². The van der Waals surface area contributed by atoms with Crippen molar-refractivity contribution < 1.29 is 4.79 Å². The first-order valence-electron chi connectivity index (χ1n) is 8.33. The van der Waals surface area contributed by atoms with Crippen LogP contribution in [0.2, 0.25) is 0 Å². The third-order valence-electron chi connectivity index (χ3n) is 4.37. The monoisotopic (exact) mass is 288 g/mol. The molecule has 0 aromatic heterocycles. The van der Waals surface area contributed by atoms with Crippen LogP contribution in [0.25, 0.3) is 0 Å². The highest BCUT2D eigenvalue weighted by Gasteiger charge is 2.15. The van der Waals surface area contributed by atoms with Crippen molar-refractivity contribution in [3.63, 3.8) is 0 Å². The Morgan fingerprint density at radius 1 is 1.14 bits per heavy atom. The number of carbonyl (C=O) groups excluding carboxylic acids is 1. The minimum absolute atomic E-state index is 0.321. The molecule has 2 rings (SSSR count). The van der Waals surface area contributed by atoms with Gasteiger partial charge >= 0.3 is 0 Å². The van der Waals surface area contributed by atoms with Gasteiger partial charge in [-0.05, 0) is 42.4 Å². The molecule has 1 N–H and O–H groups in total. The Morgan fingerprint density at radius 2 is 1.90 bits per heavy atom. The first kappa shape index (κ1) is 16.0. The highest BCUT2D eigenvalue weighted by molar-refractivity contribution is 5.76. The van der Waals surface area contributed by atoms with E-state index in [0.717, 1.165) is 51.9 Å². The van der Waals surface area contributed by atoms with Gasteiger partial charge in [0.1, 0.15) is 0 Å². The second-order valence-electron chi connectivity index (χ2n) is 5.79. The number of benzene rings is 1. The summed E-state index contributed by atoms with van der Waals surface area (Å²) in [5.74, 6) is 0.321. The third kappa shape index (κ3) is 4.57. The highest BCUT2D eigenvalue weighted by atomic mass is 16.2. The van der Waals surface area contributed by atoms with Gasteiger partial charge in [-0.1, -0.05) is 32.0 Å². The van der Waals surface area contributed by atoms with Crippen molar-refractivity contribution >= 4 is 5.91 Å². The molecule has 116 valence electrons. The lowest BCUT2D eigenvalue weighted by Gasteiger charge is -2.27. The summed E-state index contributed by atoms with van der Waals surface area (Å²) in [6.45, 7) is 8.00. The maximum absolute atomic E-state index is 12.2. The summed E-state index contributed by atoms with van der Waals surface area (Å²) in [6, 6.07) is 6.81. The van der Waals surface area contributed by atoms with Crippen molar-refractivity contribution in [3.05, 3.63) is 34.9 Å². The summed E-state index contributed by atoms with van der Waals surface area (Å²) in [7, 11) is 0. The number of nitrogens with one attached hydrogen (secondary N) is 1. The van der Waals surface area contributed by atoms with E-state index >= 15 is 0 Å². The standard InChI is InChI=1S/C18H28N2O/c1-3-15-8-9-16(4-2)17(14-15)6-5-7-18(21)20-12-10-19-11-13-20/h8-9,14,19H,3-7,10-13H2,1-2H3. The van der Waals surface area contributed by atoms with Crippen LogP contribution in [0.3, 0.4) is 0 Å². The Kier molecular flexibility index (Phi) is 6.24. The summed E-state index contributed by atoms with van der Waals surface area (Å²) in [5, 5.41) is 3.29. The Morgan fingerprint density at radius 3 is 2.57 bits per heavy atom. The lowest BCUT2D eigenvalue weighted by molar-refractivity contribution is -0.131. The van der Waals surface area contributed by atoms with Crippen molar-refractivity contribution in [2.75, 3.05) is 26.2 Å². The zero-order chi connectivity index (χ0) is 15.1. The molecule has 0 radical (unpaired) electrons. The van der Waals surface area contributed by atoms with E-state index in [1.54, 1.807) is 0 Å². The first-order valence-corrected chi connectivity index (χ1v) is 8.33. The summed E-state index contributed by atoms with van der Waals surface area (Å²) < 4.78 is 0. The second-order valence-corrected chi connectivity index (χ2v) is 5.79. The molecule has 3 heteroatoms. The lowest BCUT2D eigenvalue weighted by atomic mass is 9.96. The number of piperazine rings is 1. The average Bonchev–Trinajstić information content (AvgIpc) is 2.55. The molecule has 1 amide bonds. The topological polar surface area (TPSA) is 32.3 Å². The van der Waals surface area contributed by atoms with Crippen LogP contribution in [0, 0.1) is 0 Å². The average molecular weight is 288 g/mol. The normalized spacial score (nSPS) is 15.2. The van der Waals surface area contributed by atoms with E-state index in [-0.39, 0.29) is 0 Å². The quantitative estimate of drug-likeness (QED) is 0.872. The zero-order valence-corrected chi connectivity index (χ0v) is 13.5. The number of nitrogens with zero attached hydrogens (tertiary/aromatic N) is 1. The molecule has 0 spiro atoms. The van der Waals surface area contributed by atoms with Crippen LogP contribution < -0.4 is 5.32 Å². The molecule has 1 saturated heterocycles. The number of amides is 1. The molecule has 21 heavy (non-hydrogen) atoms. The maximum Gasteiger partial charge on any atom is 0.222 e. The lowest BCUT2D eigenvalue weighted by Crippen LogP contribution is -2.46. The SMILES string of the molecule is CCc1ccc(CC)c(CCCC(=O)N2CCNCC2)c1. The molecule has 1 heterocycles. The van der Waals surface area contributed by atoms with Gasteiger partial charge in [0, 0.05) is 32.6 Å². The van der Waals surface area contributed by atoms with Crippen LogP contribution in [0.15, 0.2) is 18.2 Å². The zero-order valence-electron chi connectivity index (χ0n) is 13.5. The maximum atomic E-state index is 12.2. The Balaban J connectivity index is 1.86. The second kappa shape index (κ2) is 8.18. The van der Waals surface area contributed by atoms with Crippen LogP contribution in [0.5, 0.6) is 0 Å². The van der Waals surface area contributed by atoms with Crippen LogP contribution in [0.4, 0.5) is 0 Å². The van der Waals surface area contributed by atoms with Gasteiger partial charge in [0.15, 0.2) is 0 Å². The van der Waals surface area contributed by atoms with Gasteiger partial charge in [-0.2, -0.15) is 0 Å². The number of carbonyl (C=O) groups is 1. The number of hydrogen-bond donors (Lipinski definition) is 1. The fourth-order valence-corrected chi connectivity index (χ4v) is 2.98. The van der Waals surface area contributed by atoms with Crippen LogP contribution in [0.1, 0.15) is 43.4 Å². The number of hydrogen-bond acceptors (Lipinski definition) is 2. The summed E-state index contributed by atoms with van der Waals surface area (Å²) in [6.07, 6.45) is 4.82. The van der Waals surface area contributed by atoms with E-state index < -0.39 is 0 Å². The predicted octanol–water partition coefficient (Wildman–Crippen LogP) is 2.57. The molecular formula is C18H28N2O. The molecule has 1 aliphatic rings. The molecular weight excluding hydrogens is 260 g/mol. The minimum Gasteiger partial charge on any atom is -0.340 e. The van der Waals surface area contributed by atoms with Crippen molar-refractivity contribution in [1.82, 2.24) is 10.2 Å². The molecule has 1 aliphatic heterocycles. The smallest absolute Gasteiger partial charge is 0.222 e. The first-order chi connectivity index (χ1) is 10.2. The van der Waals surface area contributed by atoms with Gasteiger partial charge < -0.3 is 10.2 Å². The Bertz CT molecular complexity index is 464. The molecule has 0 atom stereocenters. The van der Waals surface area contributed by atoms with Crippen molar-refractivity contribution in [3.8, 4) is 0 Å². The molecule has 0 saturated carbocycles. The fourth-order valence-electron chi connectivity index (χ4n) is 2.98.